The molecular weight excluding hydrogens is 433 g/mol. The minimum atomic E-state index is -4.78. The fraction of sp³-hybridized carbons (Fsp3) is 0.450. The average Bonchev–Trinajstić information content (AvgIpc) is 3.43. The van der Waals surface area contributed by atoms with Gasteiger partial charge < -0.3 is 9.47 Å². The van der Waals surface area contributed by atoms with Crippen molar-refractivity contribution in [2.75, 3.05) is 18.1 Å². The van der Waals surface area contributed by atoms with Crippen LogP contribution in [0.15, 0.2) is 30.5 Å². The molecule has 0 radical (unpaired) electrons. The molecule has 0 saturated carbocycles. The van der Waals surface area contributed by atoms with E-state index >= 15 is 0 Å². The van der Waals surface area contributed by atoms with Crippen molar-refractivity contribution in [1.29, 1.82) is 0 Å². The molecule has 11 heteroatoms. The van der Waals surface area contributed by atoms with Gasteiger partial charge in [0.25, 0.3) is 5.91 Å². The van der Waals surface area contributed by atoms with Crippen molar-refractivity contribution in [2.45, 2.75) is 45.2 Å². The number of benzene rings is 1. The van der Waals surface area contributed by atoms with Gasteiger partial charge in [0.15, 0.2) is 5.13 Å². The smallest absolute Gasteiger partial charge is 0.406 e. The van der Waals surface area contributed by atoms with Gasteiger partial charge in [0.2, 0.25) is 0 Å². The minimum Gasteiger partial charge on any atom is -0.406 e. The Morgan fingerprint density at radius 3 is 2.87 bits per heavy atom. The number of anilines is 1. The van der Waals surface area contributed by atoms with Gasteiger partial charge in [-0.05, 0) is 44.9 Å². The quantitative estimate of drug-likeness (QED) is 0.535. The van der Waals surface area contributed by atoms with Gasteiger partial charge >= 0.3 is 6.36 Å². The molecule has 1 fully saturated rings. The van der Waals surface area contributed by atoms with Gasteiger partial charge in [-0.1, -0.05) is 11.3 Å². The lowest BCUT2D eigenvalue weighted by atomic mass is 10.2. The number of ether oxygens (including phenoxy) is 2. The maximum Gasteiger partial charge on any atom is 0.573 e. The highest BCUT2D eigenvalue weighted by Gasteiger charge is 2.32. The summed E-state index contributed by atoms with van der Waals surface area (Å²) in [7, 11) is 0. The highest BCUT2D eigenvalue weighted by atomic mass is 32.1. The van der Waals surface area contributed by atoms with Crippen LogP contribution in [0.25, 0.3) is 10.2 Å². The van der Waals surface area contributed by atoms with Crippen LogP contribution in [0.1, 0.15) is 43.2 Å². The van der Waals surface area contributed by atoms with Crippen molar-refractivity contribution in [3.05, 3.63) is 36.2 Å². The van der Waals surface area contributed by atoms with Gasteiger partial charge in [0.1, 0.15) is 11.4 Å². The lowest BCUT2D eigenvalue weighted by Gasteiger charge is -2.23. The Hall–Kier alpha value is -2.66. The van der Waals surface area contributed by atoms with Gasteiger partial charge in [0.05, 0.1) is 22.9 Å². The highest BCUT2D eigenvalue weighted by molar-refractivity contribution is 7.22. The molecule has 2 aromatic heterocycles. The predicted octanol–water partition coefficient (Wildman–Crippen LogP) is 4.80. The van der Waals surface area contributed by atoms with Crippen molar-refractivity contribution < 1.29 is 27.4 Å². The molecule has 1 aromatic carbocycles. The lowest BCUT2D eigenvalue weighted by molar-refractivity contribution is -0.274. The van der Waals surface area contributed by atoms with Crippen molar-refractivity contribution >= 4 is 32.6 Å². The van der Waals surface area contributed by atoms with Crippen LogP contribution < -0.4 is 9.64 Å². The Kier molecular flexibility index (Phi) is 5.89. The molecule has 1 aliphatic rings. The Morgan fingerprint density at radius 1 is 1.39 bits per heavy atom. The monoisotopic (exact) mass is 454 g/mol. The molecule has 0 bridgehead atoms. The van der Waals surface area contributed by atoms with Crippen LogP contribution in [0.3, 0.4) is 0 Å². The molecule has 0 N–H and O–H groups in total. The van der Waals surface area contributed by atoms with E-state index in [1.807, 2.05) is 13.8 Å². The van der Waals surface area contributed by atoms with E-state index in [1.165, 1.54) is 23.1 Å². The Morgan fingerprint density at radius 2 is 2.19 bits per heavy atom. The first-order valence-electron chi connectivity index (χ1n) is 9.84. The van der Waals surface area contributed by atoms with Crippen LogP contribution >= 0.6 is 11.3 Å². The largest absolute Gasteiger partial charge is 0.573 e. The average molecular weight is 454 g/mol. The van der Waals surface area contributed by atoms with Crippen LogP contribution in [-0.2, 0) is 4.74 Å². The normalized spacial score (nSPS) is 16.9. The van der Waals surface area contributed by atoms with Crippen LogP contribution in [0, 0.1) is 0 Å². The summed E-state index contributed by atoms with van der Waals surface area (Å²) in [5.74, 6) is -0.613. The van der Waals surface area contributed by atoms with E-state index in [0.717, 1.165) is 24.2 Å². The van der Waals surface area contributed by atoms with E-state index in [-0.39, 0.29) is 23.8 Å². The van der Waals surface area contributed by atoms with Crippen molar-refractivity contribution in [2.24, 2.45) is 0 Å². The van der Waals surface area contributed by atoms with Crippen molar-refractivity contribution in [3.63, 3.8) is 0 Å². The van der Waals surface area contributed by atoms with Crippen molar-refractivity contribution in [1.82, 2.24) is 14.8 Å². The van der Waals surface area contributed by atoms with E-state index in [4.69, 9.17) is 4.74 Å². The second kappa shape index (κ2) is 8.46. The summed E-state index contributed by atoms with van der Waals surface area (Å²) in [6.45, 7) is 4.78. The van der Waals surface area contributed by atoms with Gasteiger partial charge in [0, 0.05) is 24.9 Å². The summed E-state index contributed by atoms with van der Waals surface area (Å²) in [4.78, 5) is 19.5. The van der Waals surface area contributed by atoms with Crippen molar-refractivity contribution in [3.8, 4) is 5.75 Å². The zero-order valence-corrected chi connectivity index (χ0v) is 17.7. The molecule has 7 nitrogen and oxygen atoms in total. The molecule has 0 aliphatic carbocycles. The van der Waals surface area contributed by atoms with E-state index in [2.05, 4.69) is 14.8 Å². The number of amides is 1. The Labute approximate surface area is 180 Å². The molecule has 0 spiro atoms. The number of carbonyl (C=O) groups is 1. The summed E-state index contributed by atoms with van der Waals surface area (Å²) < 4.78 is 49.5. The zero-order chi connectivity index (χ0) is 22.2. The standard InChI is InChI=1S/C20H21F3N4O3S/c1-12(2)27-16(7-8-24-27)18(28)26(11-14-4-3-9-29-14)19-25-15-6-5-13(10-17(15)31-19)30-20(21,22)23/h5-8,10,12,14H,3-4,9,11H2,1-2H3. The number of aromatic nitrogens is 3. The summed E-state index contributed by atoms with van der Waals surface area (Å²) in [5.41, 5.74) is 0.894. The van der Waals surface area contributed by atoms with E-state index in [9.17, 15) is 18.0 Å². The van der Waals surface area contributed by atoms with E-state index < -0.39 is 6.36 Å². The molecule has 3 heterocycles. The second-order valence-corrected chi connectivity index (χ2v) is 8.49. The third kappa shape index (κ3) is 4.82. The number of halogens is 3. The zero-order valence-electron chi connectivity index (χ0n) is 16.9. The number of carbonyl (C=O) groups excluding carboxylic acids is 1. The summed E-state index contributed by atoms with van der Waals surface area (Å²) in [6.07, 6.45) is -1.61. The maximum atomic E-state index is 13.5. The Bertz CT molecular complexity index is 1070. The lowest BCUT2D eigenvalue weighted by Crippen LogP contribution is -2.38. The first-order chi connectivity index (χ1) is 14.7. The van der Waals surface area contributed by atoms with Crippen LogP contribution in [-0.4, -0.2) is 46.3 Å². The molecule has 1 aliphatic heterocycles. The van der Waals surface area contributed by atoms with Gasteiger partial charge in [-0.3, -0.25) is 14.4 Å². The number of nitrogens with zero attached hydrogens (tertiary/aromatic N) is 4. The molecule has 1 saturated heterocycles. The molecule has 166 valence electrons. The fourth-order valence-electron chi connectivity index (χ4n) is 3.48. The first-order valence-corrected chi connectivity index (χ1v) is 10.7. The fourth-order valence-corrected chi connectivity index (χ4v) is 4.48. The van der Waals surface area contributed by atoms with Gasteiger partial charge in [-0.15, -0.1) is 13.2 Å². The number of hydrogen-bond donors (Lipinski definition) is 0. The summed E-state index contributed by atoms with van der Waals surface area (Å²) >= 11 is 1.13. The van der Waals surface area contributed by atoms with E-state index in [1.54, 1.807) is 16.9 Å². The third-order valence-electron chi connectivity index (χ3n) is 4.85. The Balaban J connectivity index is 1.69. The predicted molar refractivity (Wildman–Crippen MR) is 110 cm³/mol. The van der Waals surface area contributed by atoms with Crippen LogP contribution in [0.5, 0.6) is 5.75 Å². The van der Waals surface area contributed by atoms with Gasteiger partial charge in [-0.25, -0.2) is 4.98 Å². The van der Waals surface area contributed by atoms with Gasteiger partial charge in [-0.2, -0.15) is 5.10 Å². The SMILES string of the molecule is CC(C)n1nccc1C(=O)N(CC1CCCO1)c1nc2ccc(OC(F)(F)F)cc2s1. The molecule has 3 aromatic rings. The summed E-state index contributed by atoms with van der Waals surface area (Å²) in [5, 5.41) is 4.62. The maximum absolute atomic E-state index is 13.5. The van der Waals surface area contributed by atoms with Crippen LogP contribution in [0.4, 0.5) is 18.3 Å². The number of rotatable bonds is 6. The summed E-state index contributed by atoms with van der Waals surface area (Å²) in [6, 6.07) is 5.56. The molecular formula is C20H21F3N4O3S. The molecule has 1 amide bonds. The third-order valence-corrected chi connectivity index (χ3v) is 5.89. The first kappa shape index (κ1) is 21.6. The minimum absolute atomic E-state index is 0.0176. The molecule has 1 atom stereocenters. The topological polar surface area (TPSA) is 69.5 Å². The number of fused-ring (bicyclic) bond motifs is 1. The molecule has 1 unspecified atom stereocenters. The number of thiazole rings is 1. The number of alkyl halides is 3. The molecule has 4 rings (SSSR count). The second-order valence-electron chi connectivity index (χ2n) is 7.48. The highest BCUT2D eigenvalue weighted by Crippen LogP contribution is 2.34. The number of hydrogen-bond acceptors (Lipinski definition) is 6. The van der Waals surface area contributed by atoms with Crippen LogP contribution in [0.2, 0.25) is 0 Å². The molecule has 31 heavy (non-hydrogen) atoms. The van der Waals surface area contributed by atoms with E-state index in [0.29, 0.717) is 34.2 Å².